The normalized spacial score (nSPS) is 50.7. The second-order valence-corrected chi connectivity index (χ2v) is 15.2. The van der Waals surface area contributed by atoms with Crippen LogP contribution in [0.25, 0.3) is 0 Å². The van der Waals surface area contributed by atoms with Gasteiger partial charge >= 0.3 is 5.97 Å². The zero-order chi connectivity index (χ0) is 27.4. The van der Waals surface area contributed by atoms with Crippen molar-refractivity contribution in [2.45, 2.75) is 99.0 Å². The second kappa shape index (κ2) is 8.03. The summed E-state index contributed by atoms with van der Waals surface area (Å²) in [5.41, 5.74) is -0.203. The van der Waals surface area contributed by atoms with Gasteiger partial charge in [-0.15, -0.1) is 0 Å². The fourth-order valence-corrected chi connectivity index (χ4v) is 10.6. The minimum absolute atomic E-state index is 0.00817. The van der Waals surface area contributed by atoms with Crippen molar-refractivity contribution in [3.8, 4) is 0 Å². The maximum absolute atomic E-state index is 14.4. The molecule has 5 rings (SSSR count). The number of aliphatic hydroxyl groups is 2. The van der Waals surface area contributed by atoms with E-state index < -0.39 is 22.3 Å². The Labute approximate surface area is 223 Å². The van der Waals surface area contributed by atoms with Crippen molar-refractivity contribution in [2.24, 2.45) is 50.2 Å². The minimum Gasteiger partial charge on any atom is -0.469 e. The Hall–Kier alpha value is -1.46. The van der Waals surface area contributed by atoms with Crippen LogP contribution in [0.3, 0.4) is 0 Å². The van der Waals surface area contributed by atoms with Gasteiger partial charge in [-0.3, -0.25) is 9.59 Å². The van der Waals surface area contributed by atoms with Gasteiger partial charge in [0.1, 0.15) is 0 Å². The molecule has 0 aromatic carbocycles. The minimum atomic E-state index is -0.709. The van der Waals surface area contributed by atoms with Crippen LogP contribution in [0.2, 0.25) is 0 Å². The van der Waals surface area contributed by atoms with Gasteiger partial charge < -0.3 is 14.9 Å². The molecule has 5 aliphatic carbocycles. The van der Waals surface area contributed by atoms with Crippen LogP contribution in [0, 0.1) is 50.2 Å². The molecule has 5 heteroatoms. The SMILES string of the molecule is C=C1[C@@H](O)C[C@](C)(CO)[C@@H]2CC[C@]3(C)C(=CC(=O)[C@@H]4[C@@H]5CC(C)(C)CC[C@]5(C(=O)OC)CC[C@]43C)[C@@]12C. The monoisotopic (exact) mass is 512 g/mol. The Morgan fingerprint density at radius 2 is 1.70 bits per heavy atom. The van der Waals surface area contributed by atoms with Crippen LogP contribution in [-0.4, -0.2) is 41.8 Å². The van der Waals surface area contributed by atoms with Crippen LogP contribution in [0.4, 0.5) is 0 Å². The van der Waals surface area contributed by atoms with Crippen molar-refractivity contribution in [2.75, 3.05) is 13.7 Å². The quantitative estimate of drug-likeness (QED) is 0.370. The summed E-state index contributed by atoms with van der Waals surface area (Å²) in [6, 6.07) is 0. The van der Waals surface area contributed by atoms with E-state index in [2.05, 4.69) is 48.1 Å². The third kappa shape index (κ3) is 3.22. The van der Waals surface area contributed by atoms with Crippen LogP contribution in [0.5, 0.6) is 0 Å². The fourth-order valence-electron chi connectivity index (χ4n) is 10.6. The molecule has 0 unspecified atom stereocenters. The van der Waals surface area contributed by atoms with Crippen LogP contribution in [0.1, 0.15) is 92.9 Å². The van der Waals surface area contributed by atoms with Gasteiger partial charge in [-0.2, -0.15) is 0 Å². The summed E-state index contributed by atoms with van der Waals surface area (Å²) in [5.74, 6) is -0.177. The number of methoxy groups -OCH3 is 1. The van der Waals surface area contributed by atoms with Gasteiger partial charge in [-0.1, -0.05) is 48.1 Å². The summed E-state index contributed by atoms with van der Waals surface area (Å²) in [6.45, 7) is 17.9. The lowest BCUT2D eigenvalue weighted by atomic mass is 9.33. The van der Waals surface area contributed by atoms with Gasteiger partial charge in [0.25, 0.3) is 0 Å². The molecule has 37 heavy (non-hydrogen) atoms. The number of esters is 1. The molecule has 0 bridgehead atoms. The van der Waals surface area contributed by atoms with Gasteiger partial charge in [0, 0.05) is 17.9 Å². The van der Waals surface area contributed by atoms with E-state index in [0.717, 1.165) is 56.1 Å². The topological polar surface area (TPSA) is 83.8 Å². The Morgan fingerprint density at radius 1 is 1.05 bits per heavy atom. The number of carbonyl (C=O) groups excluding carboxylic acids is 2. The number of carbonyl (C=O) groups is 2. The molecule has 5 nitrogen and oxygen atoms in total. The third-order valence-electron chi connectivity index (χ3n) is 13.1. The number of fused-ring (bicyclic) bond motifs is 7. The zero-order valence-corrected chi connectivity index (χ0v) is 24.1. The first-order valence-electron chi connectivity index (χ1n) is 14.4. The van der Waals surface area contributed by atoms with Crippen molar-refractivity contribution in [3.05, 3.63) is 23.8 Å². The highest BCUT2D eigenvalue weighted by Gasteiger charge is 2.71. The molecule has 4 saturated carbocycles. The largest absolute Gasteiger partial charge is 0.469 e. The Bertz CT molecular complexity index is 1070. The summed E-state index contributed by atoms with van der Waals surface area (Å²) in [6.07, 6.45) is 7.70. The van der Waals surface area contributed by atoms with E-state index in [1.54, 1.807) is 0 Å². The lowest BCUT2D eigenvalue weighted by Gasteiger charge is -2.70. The molecule has 0 heterocycles. The highest BCUT2D eigenvalue weighted by Crippen LogP contribution is 2.75. The molecule has 0 spiro atoms. The maximum atomic E-state index is 14.4. The van der Waals surface area contributed by atoms with Crippen LogP contribution < -0.4 is 0 Å². The number of ketones is 1. The van der Waals surface area contributed by atoms with E-state index in [1.807, 2.05) is 6.08 Å². The number of allylic oxidation sites excluding steroid dienone is 2. The van der Waals surface area contributed by atoms with E-state index in [4.69, 9.17) is 4.74 Å². The van der Waals surface area contributed by atoms with E-state index in [1.165, 1.54) is 7.11 Å². The molecule has 0 aromatic heterocycles. The molecule has 4 fully saturated rings. The van der Waals surface area contributed by atoms with Crippen LogP contribution >= 0.6 is 0 Å². The van der Waals surface area contributed by atoms with Crippen LogP contribution in [0.15, 0.2) is 23.8 Å². The predicted molar refractivity (Wildman–Crippen MR) is 143 cm³/mol. The van der Waals surface area contributed by atoms with Gasteiger partial charge in [0.2, 0.25) is 0 Å². The number of aliphatic hydroxyl groups excluding tert-OH is 2. The van der Waals surface area contributed by atoms with E-state index in [0.29, 0.717) is 6.42 Å². The van der Waals surface area contributed by atoms with Crippen molar-refractivity contribution in [1.29, 1.82) is 0 Å². The summed E-state index contributed by atoms with van der Waals surface area (Å²) >= 11 is 0. The predicted octanol–water partition coefficient (Wildman–Crippen LogP) is 5.64. The summed E-state index contributed by atoms with van der Waals surface area (Å²) in [5, 5.41) is 21.6. The molecular weight excluding hydrogens is 464 g/mol. The Kier molecular flexibility index (Phi) is 5.89. The van der Waals surface area contributed by atoms with Crippen molar-refractivity contribution in [1.82, 2.24) is 0 Å². The lowest BCUT2D eigenvalue weighted by Crippen LogP contribution is -2.66. The summed E-state index contributed by atoms with van der Waals surface area (Å²) < 4.78 is 5.42. The first-order valence-corrected chi connectivity index (χ1v) is 14.4. The Balaban J connectivity index is 1.69. The molecule has 0 radical (unpaired) electrons. The van der Waals surface area contributed by atoms with Crippen LogP contribution in [-0.2, 0) is 14.3 Å². The molecule has 9 atom stereocenters. The lowest BCUT2D eigenvalue weighted by molar-refractivity contribution is -0.193. The molecule has 0 aliphatic heterocycles. The molecule has 0 aromatic rings. The number of ether oxygens (including phenoxy) is 1. The standard InChI is InChI=1S/C32H48O5/c1-19-22(35)17-28(4,18-33)23-9-10-29(5)24(31(19,23)7)15-21(34)25-20-16-27(2,3)11-13-32(20,26(36)37-8)14-12-30(25,29)6/h15,20,22-23,25,33,35H,1,9-14,16-18H2,2-8H3/t20-,22-,23-,25-,28+,29+,30+,31-,32-/m0/s1. The van der Waals surface area contributed by atoms with E-state index in [9.17, 15) is 19.8 Å². The van der Waals surface area contributed by atoms with Crippen molar-refractivity contribution in [3.63, 3.8) is 0 Å². The van der Waals surface area contributed by atoms with Gasteiger partial charge in [-0.05, 0) is 102 Å². The molecular formula is C32H48O5. The van der Waals surface area contributed by atoms with Crippen molar-refractivity contribution < 1.29 is 24.5 Å². The molecule has 206 valence electrons. The third-order valence-corrected chi connectivity index (χ3v) is 13.1. The number of hydrogen-bond acceptors (Lipinski definition) is 5. The van der Waals surface area contributed by atoms with Gasteiger partial charge in [0.05, 0.1) is 18.6 Å². The molecule has 2 N–H and O–H groups in total. The second-order valence-electron chi connectivity index (χ2n) is 15.2. The fraction of sp³-hybridized carbons (Fsp3) is 0.812. The summed E-state index contributed by atoms with van der Waals surface area (Å²) in [7, 11) is 1.49. The average molecular weight is 513 g/mol. The highest BCUT2D eigenvalue weighted by atomic mass is 16.5. The maximum Gasteiger partial charge on any atom is 0.312 e. The zero-order valence-electron chi connectivity index (χ0n) is 24.1. The first-order chi connectivity index (χ1) is 17.1. The van der Waals surface area contributed by atoms with Crippen molar-refractivity contribution >= 4 is 11.8 Å². The Morgan fingerprint density at radius 3 is 2.32 bits per heavy atom. The molecule has 0 amide bonds. The smallest absolute Gasteiger partial charge is 0.312 e. The average Bonchev–Trinajstić information content (AvgIpc) is 2.83. The molecule has 5 aliphatic rings. The first kappa shape index (κ1) is 27.1. The summed E-state index contributed by atoms with van der Waals surface area (Å²) in [4.78, 5) is 27.8. The number of hydrogen-bond donors (Lipinski definition) is 2. The van der Waals surface area contributed by atoms with E-state index >= 15 is 0 Å². The highest BCUT2D eigenvalue weighted by molar-refractivity contribution is 5.96. The number of rotatable bonds is 2. The van der Waals surface area contributed by atoms with Gasteiger partial charge in [-0.25, -0.2) is 0 Å². The van der Waals surface area contributed by atoms with Gasteiger partial charge in [0.15, 0.2) is 5.78 Å². The van der Waals surface area contributed by atoms with E-state index in [-0.39, 0.29) is 52.4 Å². The molecule has 0 saturated heterocycles.